The van der Waals surface area contributed by atoms with Crippen LogP contribution in [0.25, 0.3) is 0 Å². The SMILES string of the molecule is COC(=O)CCNC(=O)c1ccc(NC(=O)N2CCC[C@@H]2CN(C)c2ccccc2)cc1. The molecule has 32 heavy (non-hydrogen) atoms. The molecule has 0 aromatic heterocycles. The van der Waals surface area contributed by atoms with Crippen LogP contribution < -0.4 is 15.5 Å². The number of hydrogen-bond acceptors (Lipinski definition) is 5. The molecule has 170 valence electrons. The number of carbonyl (C=O) groups is 3. The molecule has 1 aliphatic rings. The van der Waals surface area contributed by atoms with E-state index >= 15 is 0 Å². The van der Waals surface area contributed by atoms with Crippen molar-refractivity contribution in [1.29, 1.82) is 0 Å². The van der Waals surface area contributed by atoms with Crippen LogP contribution in [0.3, 0.4) is 0 Å². The number of likely N-dealkylation sites (tertiary alicyclic amines) is 1. The second-order valence-corrected chi connectivity index (χ2v) is 7.80. The molecular weight excluding hydrogens is 408 g/mol. The van der Waals surface area contributed by atoms with Gasteiger partial charge in [0.2, 0.25) is 0 Å². The van der Waals surface area contributed by atoms with E-state index in [0.29, 0.717) is 11.3 Å². The van der Waals surface area contributed by atoms with Gasteiger partial charge in [-0.15, -0.1) is 0 Å². The maximum absolute atomic E-state index is 12.9. The van der Waals surface area contributed by atoms with Crippen LogP contribution in [0.4, 0.5) is 16.2 Å². The van der Waals surface area contributed by atoms with E-state index in [-0.39, 0.29) is 36.9 Å². The maximum Gasteiger partial charge on any atom is 0.322 e. The first-order valence-corrected chi connectivity index (χ1v) is 10.8. The standard InChI is InChI=1S/C24H30N4O4/c1-27(20-7-4-3-5-8-20)17-21-9-6-16-28(21)24(31)26-19-12-10-18(11-13-19)23(30)25-15-14-22(29)32-2/h3-5,7-8,10-13,21H,6,9,14-17H2,1-2H3,(H,25,30)(H,26,31)/t21-/m1/s1. The molecule has 3 amide bonds. The highest BCUT2D eigenvalue weighted by atomic mass is 16.5. The van der Waals surface area contributed by atoms with E-state index in [1.54, 1.807) is 24.3 Å². The number of carbonyl (C=O) groups excluding carboxylic acids is 3. The molecule has 0 aliphatic carbocycles. The summed E-state index contributed by atoms with van der Waals surface area (Å²) in [7, 11) is 3.35. The average molecular weight is 439 g/mol. The number of urea groups is 1. The highest BCUT2D eigenvalue weighted by Crippen LogP contribution is 2.22. The largest absolute Gasteiger partial charge is 0.469 e. The Hall–Kier alpha value is -3.55. The van der Waals surface area contributed by atoms with E-state index in [1.807, 2.05) is 30.1 Å². The van der Waals surface area contributed by atoms with Crippen molar-refractivity contribution < 1.29 is 19.1 Å². The fourth-order valence-electron chi connectivity index (χ4n) is 3.78. The molecule has 0 saturated carbocycles. The van der Waals surface area contributed by atoms with Crippen LogP contribution in [0, 0.1) is 0 Å². The quantitative estimate of drug-likeness (QED) is 0.618. The molecule has 3 rings (SSSR count). The van der Waals surface area contributed by atoms with E-state index in [9.17, 15) is 14.4 Å². The monoisotopic (exact) mass is 438 g/mol. The van der Waals surface area contributed by atoms with Gasteiger partial charge in [0, 0.05) is 43.6 Å². The van der Waals surface area contributed by atoms with Crippen molar-refractivity contribution in [2.45, 2.75) is 25.3 Å². The Morgan fingerprint density at radius 1 is 1.09 bits per heavy atom. The number of nitrogens with one attached hydrogen (secondary N) is 2. The molecule has 0 radical (unpaired) electrons. The Labute approximate surface area is 188 Å². The summed E-state index contributed by atoms with van der Waals surface area (Å²) in [6, 6.07) is 16.8. The summed E-state index contributed by atoms with van der Waals surface area (Å²) in [6.07, 6.45) is 2.06. The predicted octanol–water partition coefficient (Wildman–Crippen LogP) is 3.11. The fraction of sp³-hybridized carbons (Fsp3) is 0.375. The molecule has 0 bridgehead atoms. The van der Waals surface area contributed by atoms with Crippen LogP contribution in [0.2, 0.25) is 0 Å². The van der Waals surface area contributed by atoms with Crippen molar-refractivity contribution in [2.24, 2.45) is 0 Å². The van der Waals surface area contributed by atoms with Crippen molar-refractivity contribution in [3.8, 4) is 0 Å². The number of rotatable bonds is 8. The first kappa shape index (κ1) is 23.1. The topological polar surface area (TPSA) is 91.0 Å². The zero-order chi connectivity index (χ0) is 22.9. The van der Waals surface area contributed by atoms with Gasteiger partial charge >= 0.3 is 12.0 Å². The van der Waals surface area contributed by atoms with E-state index in [4.69, 9.17) is 0 Å². The Balaban J connectivity index is 1.52. The van der Waals surface area contributed by atoms with Gasteiger partial charge in [-0.25, -0.2) is 4.79 Å². The Morgan fingerprint density at radius 3 is 2.50 bits per heavy atom. The normalized spacial score (nSPS) is 15.2. The van der Waals surface area contributed by atoms with Gasteiger partial charge in [0.25, 0.3) is 5.91 Å². The lowest BCUT2D eigenvalue weighted by atomic mass is 10.2. The van der Waals surface area contributed by atoms with Crippen molar-refractivity contribution in [1.82, 2.24) is 10.2 Å². The Morgan fingerprint density at radius 2 is 1.81 bits per heavy atom. The minimum atomic E-state index is -0.376. The van der Waals surface area contributed by atoms with Crippen LogP contribution in [-0.4, -0.2) is 62.6 Å². The lowest BCUT2D eigenvalue weighted by Gasteiger charge is -2.30. The number of anilines is 2. The van der Waals surface area contributed by atoms with Crippen LogP contribution in [0.15, 0.2) is 54.6 Å². The van der Waals surface area contributed by atoms with Crippen LogP contribution in [0.1, 0.15) is 29.6 Å². The summed E-state index contributed by atoms with van der Waals surface area (Å²) in [6.45, 7) is 1.69. The summed E-state index contributed by atoms with van der Waals surface area (Å²) in [5, 5.41) is 5.60. The number of amides is 3. The fourth-order valence-corrected chi connectivity index (χ4v) is 3.78. The molecule has 1 atom stereocenters. The van der Waals surface area contributed by atoms with Gasteiger partial charge in [-0.2, -0.15) is 0 Å². The van der Waals surface area contributed by atoms with Crippen LogP contribution >= 0.6 is 0 Å². The van der Waals surface area contributed by atoms with E-state index in [0.717, 1.165) is 31.6 Å². The van der Waals surface area contributed by atoms with Crippen molar-refractivity contribution in [3.63, 3.8) is 0 Å². The molecule has 0 spiro atoms. The maximum atomic E-state index is 12.9. The van der Waals surface area contributed by atoms with Gasteiger partial charge in [-0.1, -0.05) is 18.2 Å². The number of ether oxygens (including phenoxy) is 1. The van der Waals surface area contributed by atoms with Gasteiger partial charge in [0.05, 0.1) is 19.6 Å². The summed E-state index contributed by atoms with van der Waals surface area (Å²) in [5.41, 5.74) is 2.21. The third kappa shape index (κ3) is 6.23. The second kappa shape index (κ2) is 11.2. The van der Waals surface area contributed by atoms with Gasteiger partial charge in [-0.3, -0.25) is 9.59 Å². The molecule has 1 heterocycles. The summed E-state index contributed by atoms with van der Waals surface area (Å²) >= 11 is 0. The third-order valence-corrected chi connectivity index (χ3v) is 5.56. The van der Waals surface area contributed by atoms with Gasteiger partial charge in [0.1, 0.15) is 0 Å². The molecule has 1 saturated heterocycles. The second-order valence-electron chi connectivity index (χ2n) is 7.80. The van der Waals surface area contributed by atoms with E-state index in [2.05, 4.69) is 32.4 Å². The molecule has 8 nitrogen and oxygen atoms in total. The van der Waals surface area contributed by atoms with E-state index < -0.39 is 0 Å². The Kier molecular flexibility index (Phi) is 8.08. The number of likely N-dealkylation sites (N-methyl/N-ethyl adjacent to an activating group) is 1. The zero-order valence-electron chi connectivity index (χ0n) is 18.5. The molecule has 0 unspecified atom stereocenters. The number of nitrogens with zero attached hydrogens (tertiary/aromatic N) is 2. The lowest BCUT2D eigenvalue weighted by Crippen LogP contribution is -2.44. The highest BCUT2D eigenvalue weighted by Gasteiger charge is 2.29. The number of methoxy groups -OCH3 is 1. The molecule has 2 aromatic rings. The van der Waals surface area contributed by atoms with Crippen LogP contribution in [-0.2, 0) is 9.53 Å². The van der Waals surface area contributed by atoms with Crippen LogP contribution in [0.5, 0.6) is 0 Å². The van der Waals surface area contributed by atoms with Gasteiger partial charge < -0.3 is 25.2 Å². The minimum Gasteiger partial charge on any atom is -0.469 e. The zero-order valence-corrected chi connectivity index (χ0v) is 18.5. The smallest absolute Gasteiger partial charge is 0.322 e. The molecule has 2 aromatic carbocycles. The minimum absolute atomic E-state index is 0.118. The third-order valence-electron chi connectivity index (χ3n) is 5.56. The molecule has 2 N–H and O–H groups in total. The van der Waals surface area contributed by atoms with Crippen molar-refractivity contribution in [2.75, 3.05) is 44.0 Å². The van der Waals surface area contributed by atoms with Gasteiger partial charge in [-0.05, 0) is 49.2 Å². The van der Waals surface area contributed by atoms with Crippen molar-refractivity contribution in [3.05, 3.63) is 60.2 Å². The number of para-hydroxylation sites is 1. The lowest BCUT2D eigenvalue weighted by molar-refractivity contribution is -0.140. The van der Waals surface area contributed by atoms with Gasteiger partial charge in [0.15, 0.2) is 0 Å². The molecule has 1 fully saturated rings. The average Bonchev–Trinajstić information content (AvgIpc) is 3.28. The number of esters is 1. The summed E-state index contributed by atoms with van der Waals surface area (Å²) in [4.78, 5) is 40.2. The molecule has 1 aliphatic heterocycles. The first-order valence-electron chi connectivity index (χ1n) is 10.8. The first-order chi connectivity index (χ1) is 15.5. The van der Waals surface area contributed by atoms with E-state index in [1.165, 1.54) is 7.11 Å². The Bertz CT molecular complexity index is 917. The highest BCUT2D eigenvalue weighted by molar-refractivity contribution is 5.95. The summed E-state index contributed by atoms with van der Waals surface area (Å²) < 4.78 is 4.55. The number of hydrogen-bond donors (Lipinski definition) is 2. The summed E-state index contributed by atoms with van der Waals surface area (Å²) in [5.74, 6) is -0.658. The van der Waals surface area contributed by atoms with Crippen molar-refractivity contribution >= 4 is 29.3 Å². The predicted molar refractivity (Wildman–Crippen MR) is 124 cm³/mol. The molecule has 8 heteroatoms. The number of benzene rings is 2. The molecular formula is C24H30N4O4.